The molecule has 0 bridgehead atoms. The minimum atomic E-state index is -0.124. The van der Waals surface area contributed by atoms with Crippen molar-refractivity contribution in [1.82, 2.24) is 0 Å². The standard InChI is InChI=1S/C55H41N/c1-55(2)50-29-12-10-27-49(50)54-51(55)30-16-32-53(54)56(52-31-13-11-26-48(52)47-25-9-8-24-46(47)39-17-4-3-5-18-39)43-22-14-21-42(37-43)38-33-35-41(36-34-38)45-28-15-20-40-19-6-7-23-44(40)45/h3-37H,1-2H3. The summed E-state index contributed by atoms with van der Waals surface area (Å²) in [5, 5.41) is 2.53. The van der Waals surface area contributed by atoms with E-state index < -0.39 is 0 Å². The molecule has 1 aliphatic rings. The minimum absolute atomic E-state index is 0.124. The summed E-state index contributed by atoms with van der Waals surface area (Å²) in [4.78, 5) is 2.50. The van der Waals surface area contributed by atoms with Crippen molar-refractivity contribution >= 4 is 27.8 Å². The van der Waals surface area contributed by atoms with Gasteiger partial charge in [0.05, 0.1) is 11.4 Å². The van der Waals surface area contributed by atoms with E-state index in [1.54, 1.807) is 0 Å². The van der Waals surface area contributed by atoms with E-state index in [1.165, 1.54) is 83.2 Å². The molecule has 1 aliphatic carbocycles. The van der Waals surface area contributed by atoms with E-state index in [4.69, 9.17) is 0 Å². The fourth-order valence-electron chi connectivity index (χ4n) is 8.96. The number of hydrogen-bond donors (Lipinski definition) is 0. The van der Waals surface area contributed by atoms with Crippen LogP contribution in [0.5, 0.6) is 0 Å². The Morgan fingerprint density at radius 3 is 1.71 bits per heavy atom. The van der Waals surface area contributed by atoms with Gasteiger partial charge >= 0.3 is 0 Å². The molecular weight excluding hydrogens is 675 g/mol. The Balaban J connectivity index is 1.16. The highest BCUT2D eigenvalue weighted by Gasteiger charge is 2.38. The first-order chi connectivity index (χ1) is 27.6. The summed E-state index contributed by atoms with van der Waals surface area (Å²) in [6, 6.07) is 77.6. The van der Waals surface area contributed by atoms with Crippen LogP contribution in [-0.4, -0.2) is 0 Å². The zero-order chi connectivity index (χ0) is 37.6. The van der Waals surface area contributed by atoms with Gasteiger partial charge in [0.1, 0.15) is 0 Å². The molecule has 1 nitrogen and oxygen atoms in total. The Morgan fingerprint density at radius 1 is 0.339 bits per heavy atom. The van der Waals surface area contributed by atoms with E-state index in [-0.39, 0.29) is 5.41 Å². The van der Waals surface area contributed by atoms with Crippen LogP contribution in [-0.2, 0) is 5.41 Å². The van der Waals surface area contributed by atoms with E-state index in [0.717, 1.165) is 11.4 Å². The molecule has 1 heteroatoms. The summed E-state index contributed by atoms with van der Waals surface area (Å²) in [6.07, 6.45) is 0. The van der Waals surface area contributed by atoms with Gasteiger partial charge in [-0.25, -0.2) is 0 Å². The number of benzene rings is 9. The Kier molecular flexibility index (Phi) is 8.23. The van der Waals surface area contributed by atoms with Gasteiger partial charge in [-0.05, 0) is 90.7 Å². The molecule has 0 saturated carbocycles. The summed E-state index contributed by atoms with van der Waals surface area (Å²) in [6.45, 7) is 4.72. The maximum absolute atomic E-state index is 2.50. The molecule has 0 fully saturated rings. The summed E-state index contributed by atoms with van der Waals surface area (Å²) >= 11 is 0. The Bertz CT molecular complexity index is 2880. The molecule has 0 spiro atoms. The van der Waals surface area contributed by atoms with Crippen molar-refractivity contribution in [2.24, 2.45) is 0 Å². The van der Waals surface area contributed by atoms with Crippen molar-refractivity contribution in [2.45, 2.75) is 19.3 Å². The maximum Gasteiger partial charge on any atom is 0.0543 e. The first-order valence-corrected chi connectivity index (χ1v) is 19.5. The van der Waals surface area contributed by atoms with Crippen LogP contribution in [0.15, 0.2) is 212 Å². The van der Waals surface area contributed by atoms with Crippen LogP contribution in [0.25, 0.3) is 66.4 Å². The molecule has 0 aliphatic heterocycles. The van der Waals surface area contributed by atoms with Crippen molar-refractivity contribution in [3.8, 4) is 55.6 Å². The van der Waals surface area contributed by atoms with Crippen LogP contribution >= 0.6 is 0 Å². The molecule has 0 saturated heterocycles. The van der Waals surface area contributed by atoms with Crippen LogP contribution in [0.3, 0.4) is 0 Å². The molecule has 10 rings (SSSR count). The van der Waals surface area contributed by atoms with Crippen molar-refractivity contribution < 1.29 is 0 Å². The third kappa shape index (κ3) is 5.63. The molecule has 0 amide bonds. The topological polar surface area (TPSA) is 3.24 Å². The summed E-state index contributed by atoms with van der Waals surface area (Å²) in [7, 11) is 0. The molecule has 0 heterocycles. The average molecular weight is 716 g/mol. The van der Waals surface area contributed by atoms with E-state index in [0.29, 0.717) is 0 Å². The minimum Gasteiger partial charge on any atom is -0.309 e. The van der Waals surface area contributed by atoms with Gasteiger partial charge in [0.2, 0.25) is 0 Å². The SMILES string of the molecule is CC1(C)c2ccccc2-c2c(N(c3cccc(-c4ccc(-c5cccc6ccccc56)cc4)c3)c3ccccc3-c3ccccc3-c3ccccc3)cccc21. The van der Waals surface area contributed by atoms with Crippen molar-refractivity contribution in [1.29, 1.82) is 0 Å². The third-order valence-electron chi connectivity index (χ3n) is 11.7. The highest BCUT2D eigenvalue weighted by Crippen LogP contribution is 2.55. The molecule has 9 aromatic carbocycles. The number of nitrogens with zero attached hydrogens (tertiary/aromatic N) is 1. The second-order valence-electron chi connectivity index (χ2n) is 15.3. The van der Waals surface area contributed by atoms with Gasteiger partial charge in [-0.1, -0.05) is 202 Å². The fourth-order valence-corrected chi connectivity index (χ4v) is 8.96. The number of rotatable bonds is 7. The van der Waals surface area contributed by atoms with Crippen LogP contribution in [0.4, 0.5) is 17.1 Å². The van der Waals surface area contributed by atoms with E-state index in [9.17, 15) is 0 Å². The van der Waals surface area contributed by atoms with E-state index >= 15 is 0 Å². The number of para-hydroxylation sites is 1. The first kappa shape index (κ1) is 33.6. The van der Waals surface area contributed by atoms with Crippen LogP contribution in [0, 0.1) is 0 Å². The maximum atomic E-state index is 2.50. The predicted molar refractivity (Wildman–Crippen MR) is 238 cm³/mol. The lowest BCUT2D eigenvalue weighted by Gasteiger charge is -2.31. The summed E-state index contributed by atoms with van der Waals surface area (Å²) in [5.41, 5.74) is 18.2. The first-order valence-electron chi connectivity index (χ1n) is 19.5. The fraction of sp³-hybridized carbons (Fsp3) is 0.0545. The van der Waals surface area contributed by atoms with Crippen molar-refractivity contribution in [2.75, 3.05) is 4.90 Å². The van der Waals surface area contributed by atoms with Gasteiger partial charge in [-0.2, -0.15) is 0 Å². The largest absolute Gasteiger partial charge is 0.309 e. The molecule has 0 radical (unpaired) electrons. The molecule has 9 aromatic rings. The summed E-state index contributed by atoms with van der Waals surface area (Å²) in [5.74, 6) is 0. The quantitative estimate of drug-likeness (QED) is 0.159. The van der Waals surface area contributed by atoms with Gasteiger partial charge in [0.25, 0.3) is 0 Å². The highest BCUT2D eigenvalue weighted by atomic mass is 15.1. The summed E-state index contributed by atoms with van der Waals surface area (Å²) < 4.78 is 0. The smallest absolute Gasteiger partial charge is 0.0543 e. The van der Waals surface area contributed by atoms with Crippen LogP contribution in [0.2, 0.25) is 0 Å². The lowest BCUT2D eigenvalue weighted by molar-refractivity contribution is 0.660. The molecular formula is C55H41N. The second kappa shape index (κ2) is 13.7. The van der Waals surface area contributed by atoms with Crippen LogP contribution in [0.1, 0.15) is 25.0 Å². The lowest BCUT2D eigenvalue weighted by Crippen LogP contribution is -2.16. The Hall–Kier alpha value is -6.96. The average Bonchev–Trinajstić information content (AvgIpc) is 3.50. The molecule has 0 atom stereocenters. The zero-order valence-electron chi connectivity index (χ0n) is 31.7. The number of anilines is 3. The van der Waals surface area contributed by atoms with Gasteiger partial charge in [-0.15, -0.1) is 0 Å². The monoisotopic (exact) mass is 715 g/mol. The van der Waals surface area contributed by atoms with Crippen LogP contribution < -0.4 is 4.90 Å². The van der Waals surface area contributed by atoms with Crippen molar-refractivity contribution in [3.05, 3.63) is 223 Å². The third-order valence-corrected chi connectivity index (χ3v) is 11.7. The lowest BCUT2D eigenvalue weighted by atomic mass is 9.82. The zero-order valence-corrected chi connectivity index (χ0v) is 31.7. The van der Waals surface area contributed by atoms with E-state index in [2.05, 4.69) is 231 Å². The molecule has 0 unspecified atom stereocenters. The van der Waals surface area contributed by atoms with Gasteiger partial charge in [0.15, 0.2) is 0 Å². The molecule has 0 aromatic heterocycles. The van der Waals surface area contributed by atoms with Gasteiger partial charge in [-0.3, -0.25) is 0 Å². The predicted octanol–water partition coefficient (Wildman–Crippen LogP) is 15.3. The van der Waals surface area contributed by atoms with Crippen molar-refractivity contribution in [3.63, 3.8) is 0 Å². The number of hydrogen-bond acceptors (Lipinski definition) is 1. The Morgan fingerprint density at radius 2 is 0.875 bits per heavy atom. The molecule has 266 valence electrons. The highest BCUT2D eigenvalue weighted by molar-refractivity contribution is 6.00. The van der Waals surface area contributed by atoms with E-state index in [1.807, 2.05) is 0 Å². The molecule has 0 N–H and O–H groups in total. The molecule has 56 heavy (non-hydrogen) atoms. The van der Waals surface area contributed by atoms with Gasteiger partial charge < -0.3 is 4.90 Å². The number of fused-ring (bicyclic) bond motifs is 4. The Labute approximate surface area is 329 Å². The van der Waals surface area contributed by atoms with Gasteiger partial charge in [0, 0.05) is 22.2 Å². The normalized spacial score (nSPS) is 12.6. The second-order valence-corrected chi connectivity index (χ2v) is 15.3.